The van der Waals surface area contributed by atoms with Gasteiger partial charge in [-0.15, -0.1) is 0 Å². The van der Waals surface area contributed by atoms with Gasteiger partial charge in [0.2, 0.25) is 0 Å². The Morgan fingerprint density at radius 1 is 1.37 bits per heavy atom. The first-order valence-electron chi connectivity index (χ1n) is 5.79. The minimum Gasteiger partial charge on any atom is -0.507 e. The predicted octanol–water partition coefficient (Wildman–Crippen LogP) is 1.88. The number of phenols is 1. The number of anilines is 1. The van der Waals surface area contributed by atoms with Crippen molar-refractivity contribution in [3.8, 4) is 5.75 Å². The second kappa shape index (κ2) is 5.71. The van der Waals surface area contributed by atoms with Crippen molar-refractivity contribution in [3.05, 3.63) is 23.8 Å². The maximum Gasteiger partial charge on any atom is 0.412 e. The molecule has 0 bridgehead atoms. The van der Waals surface area contributed by atoms with Crippen molar-refractivity contribution in [2.45, 2.75) is 26.4 Å². The molecule has 0 aliphatic rings. The lowest BCUT2D eigenvalue weighted by Gasteiger charge is -2.19. The topological polar surface area (TPSA) is 102 Å². The third kappa shape index (κ3) is 4.59. The van der Waals surface area contributed by atoms with E-state index in [9.17, 15) is 14.7 Å². The Hall–Kier alpha value is -2.08. The van der Waals surface area contributed by atoms with Gasteiger partial charge in [0, 0.05) is 11.8 Å². The van der Waals surface area contributed by atoms with Crippen molar-refractivity contribution >= 4 is 17.6 Å². The summed E-state index contributed by atoms with van der Waals surface area (Å²) in [6.07, 6.45) is -0.634. The summed E-state index contributed by atoms with van der Waals surface area (Å²) in [5.41, 5.74) is 5.06. The average molecular weight is 266 g/mol. The Kier molecular flexibility index (Phi) is 4.50. The lowest BCUT2D eigenvalue weighted by Crippen LogP contribution is -2.27. The Morgan fingerprint density at radius 2 is 2.00 bits per heavy atom. The van der Waals surface area contributed by atoms with Crippen molar-refractivity contribution in [2.24, 2.45) is 5.73 Å². The van der Waals surface area contributed by atoms with Crippen LogP contribution in [0.25, 0.3) is 0 Å². The highest BCUT2D eigenvalue weighted by molar-refractivity contribution is 6.00. The molecule has 19 heavy (non-hydrogen) atoms. The fourth-order valence-electron chi connectivity index (χ4n) is 1.38. The summed E-state index contributed by atoms with van der Waals surface area (Å²) in [4.78, 5) is 22.9. The fourth-order valence-corrected chi connectivity index (χ4v) is 1.38. The molecular formula is C13H18N2O4. The van der Waals surface area contributed by atoms with Crippen molar-refractivity contribution in [1.29, 1.82) is 0 Å². The smallest absolute Gasteiger partial charge is 0.412 e. The summed E-state index contributed by atoms with van der Waals surface area (Å²) in [6.45, 7) is 5.04. The number of rotatable bonds is 3. The number of carbonyl (C=O) groups excluding carboxylic acids is 2. The second-order valence-electron chi connectivity index (χ2n) is 4.99. The summed E-state index contributed by atoms with van der Waals surface area (Å²) in [5, 5.41) is 12.1. The van der Waals surface area contributed by atoms with Crippen LogP contribution in [-0.2, 0) is 4.74 Å². The SMILES string of the molecule is CC(C)(C)OC(=O)Nc1ccc(C(=O)CN)c(O)c1. The highest BCUT2D eigenvalue weighted by Gasteiger charge is 2.17. The molecule has 0 saturated carbocycles. The van der Waals surface area contributed by atoms with E-state index in [0.29, 0.717) is 5.69 Å². The van der Waals surface area contributed by atoms with E-state index in [4.69, 9.17) is 10.5 Å². The number of ether oxygens (including phenoxy) is 1. The molecule has 4 N–H and O–H groups in total. The van der Waals surface area contributed by atoms with Crippen LogP contribution in [-0.4, -0.2) is 29.1 Å². The maximum atomic E-state index is 11.5. The number of ketones is 1. The predicted molar refractivity (Wildman–Crippen MR) is 71.3 cm³/mol. The Labute approximate surface area is 111 Å². The number of nitrogens with two attached hydrogens (primary N) is 1. The lowest BCUT2D eigenvalue weighted by atomic mass is 10.1. The molecule has 6 nitrogen and oxygen atoms in total. The van der Waals surface area contributed by atoms with Crippen LogP contribution in [0.2, 0.25) is 0 Å². The molecule has 0 aliphatic carbocycles. The van der Waals surface area contributed by atoms with Gasteiger partial charge in [0.1, 0.15) is 11.4 Å². The summed E-state index contributed by atoms with van der Waals surface area (Å²) in [6, 6.07) is 4.16. The van der Waals surface area contributed by atoms with E-state index in [2.05, 4.69) is 5.32 Å². The fraction of sp³-hybridized carbons (Fsp3) is 0.385. The van der Waals surface area contributed by atoms with Crippen LogP contribution >= 0.6 is 0 Å². The number of aromatic hydroxyl groups is 1. The number of nitrogens with one attached hydrogen (secondary N) is 1. The summed E-state index contributed by atoms with van der Waals surface area (Å²) < 4.78 is 5.06. The lowest BCUT2D eigenvalue weighted by molar-refractivity contribution is 0.0636. The van der Waals surface area contributed by atoms with E-state index in [1.807, 2.05) is 0 Å². The van der Waals surface area contributed by atoms with Crippen LogP contribution in [0, 0.1) is 0 Å². The highest BCUT2D eigenvalue weighted by Crippen LogP contribution is 2.22. The van der Waals surface area contributed by atoms with Gasteiger partial charge in [-0.3, -0.25) is 10.1 Å². The monoisotopic (exact) mass is 266 g/mol. The van der Waals surface area contributed by atoms with Gasteiger partial charge in [0.05, 0.1) is 12.1 Å². The third-order valence-corrected chi connectivity index (χ3v) is 2.13. The maximum absolute atomic E-state index is 11.5. The van der Waals surface area contributed by atoms with Crippen molar-refractivity contribution in [3.63, 3.8) is 0 Å². The zero-order valence-corrected chi connectivity index (χ0v) is 11.2. The Balaban J connectivity index is 2.79. The van der Waals surface area contributed by atoms with Crippen molar-refractivity contribution < 1.29 is 19.4 Å². The zero-order chi connectivity index (χ0) is 14.6. The van der Waals surface area contributed by atoms with Crippen molar-refractivity contribution in [2.75, 3.05) is 11.9 Å². The number of Topliss-reactive ketones (excluding diaryl/α,β-unsaturated/α-hetero) is 1. The number of carbonyl (C=O) groups is 2. The number of amides is 1. The molecule has 0 fully saturated rings. The van der Waals surface area contributed by atoms with E-state index in [1.165, 1.54) is 18.2 Å². The van der Waals surface area contributed by atoms with E-state index in [-0.39, 0.29) is 23.6 Å². The van der Waals surface area contributed by atoms with Gasteiger partial charge in [-0.05, 0) is 32.9 Å². The number of hydrogen-bond acceptors (Lipinski definition) is 5. The second-order valence-corrected chi connectivity index (χ2v) is 4.99. The van der Waals surface area contributed by atoms with Gasteiger partial charge in [-0.25, -0.2) is 4.79 Å². The van der Waals surface area contributed by atoms with E-state index >= 15 is 0 Å². The zero-order valence-electron chi connectivity index (χ0n) is 11.2. The molecule has 0 unspecified atom stereocenters. The molecule has 6 heteroatoms. The molecule has 0 atom stereocenters. The highest BCUT2D eigenvalue weighted by atomic mass is 16.6. The van der Waals surface area contributed by atoms with Crippen LogP contribution in [0.15, 0.2) is 18.2 Å². The van der Waals surface area contributed by atoms with Gasteiger partial charge in [0.15, 0.2) is 5.78 Å². The molecule has 0 aliphatic heterocycles. The first-order chi connectivity index (χ1) is 8.73. The molecule has 104 valence electrons. The van der Waals surface area contributed by atoms with E-state index in [0.717, 1.165) is 0 Å². The van der Waals surface area contributed by atoms with E-state index < -0.39 is 11.7 Å². The first kappa shape index (κ1) is 15.0. The van der Waals surface area contributed by atoms with Gasteiger partial charge >= 0.3 is 6.09 Å². The van der Waals surface area contributed by atoms with Gasteiger partial charge < -0.3 is 15.6 Å². The van der Waals surface area contributed by atoms with Crippen LogP contribution < -0.4 is 11.1 Å². The molecule has 0 heterocycles. The molecule has 0 saturated heterocycles. The van der Waals surface area contributed by atoms with E-state index in [1.54, 1.807) is 20.8 Å². The van der Waals surface area contributed by atoms with Crippen LogP contribution in [0.1, 0.15) is 31.1 Å². The number of phenolic OH excluding ortho intramolecular Hbond substituents is 1. The average Bonchev–Trinajstić information content (AvgIpc) is 2.25. The molecule has 0 aromatic heterocycles. The summed E-state index contributed by atoms with van der Waals surface area (Å²) in [5.74, 6) is -0.606. The molecule has 0 radical (unpaired) electrons. The number of hydrogen-bond donors (Lipinski definition) is 3. The van der Waals surface area contributed by atoms with Crippen molar-refractivity contribution in [1.82, 2.24) is 0 Å². The molecular weight excluding hydrogens is 248 g/mol. The minimum atomic E-state index is -0.634. The Morgan fingerprint density at radius 3 is 2.47 bits per heavy atom. The third-order valence-electron chi connectivity index (χ3n) is 2.13. The van der Waals surface area contributed by atoms with Crippen LogP contribution in [0.3, 0.4) is 0 Å². The molecule has 1 aromatic rings. The quantitative estimate of drug-likeness (QED) is 0.725. The molecule has 1 amide bonds. The van der Waals surface area contributed by atoms with Crippen LogP contribution in [0.5, 0.6) is 5.75 Å². The summed E-state index contributed by atoms with van der Waals surface area (Å²) >= 11 is 0. The minimum absolute atomic E-state index is 0.122. The molecule has 0 spiro atoms. The van der Waals surface area contributed by atoms with Gasteiger partial charge in [-0.1, -0.05) is 0 Å². The molecule has 1 rings (SSSR count). The standard InChI is InChI=1S/C13H18N2O4/c1-13(2,3)19-12(18)15-8-4-5-9(10(16)6-8)11(17)7-14/h4-6,16H,7,14H2,1-3H3,(H,15,18). The Bertz CT molecular complexity index is 492. The van der Waals surface area contributed by atoms with Gasteiger partial charge in [0.25, 0.3) is 0 Å². The largest absolute Gasteiger partial charge is 0.507 e. The number of benzene rings is 1. The first-order valence-corrected chi connectivity index (χ1v) is 5.79. The van der Waals surface area contributed by atoms with Gasteiger partial charge in [-0.2, -0.15) is 0 Å². The van der Waals surface area contributed by atoms with Crippen LogP contribution in [0.4, 0.5) is 10.5 Å². The normalized spacial score (nSPS) is 10.9. The summed E-state index contributed by atoms with van der Waals surface area (Å²) in [7, 11) is 0. The molecule has 1 aromatic carbocycles.